The number of pyridine rings is 3. The molecule has 0 amide bonds. The highest BCUT2D eigenvalue weighted by atomic mass is 19.1. The number of nitrogens with zero attached hydrogens (tertiary/aromatic N) is 3. The predicted octanol–water partition coefficient (Wildman–Crippen LogP) is 3.55. The van der Waals surface area contributed by atoms with Crippen LogP contribution in [0.25, 0.3) is 33.5 Å². The van der Waals surface area contributed by atoms with Crippen LogP contribution in [0.4, 0.5) is 14.6 Å². The van der Waals surface area contributed by atoms with Crippen molar-refractivity contribution in [1.82, 2.24) is 19.9 Å². The fourth-order valence-electron chi connectivity index (χ4n) is 2.64. The van der Waals surface area contributed by atoms with Crippen molar-refractivity contribution in [3.8, 4) is 22.5 Å². The van der Waals surface area contributed by atoms with Gasteiger partial charge in [-0.25, -0.2) is 14.4 Å². The summed E-state index contributed by atoms with van der Waals surface area (Å²) in [6, 6.07) is 9.15. The van der Waals surface area contributed by atoms with E-state index in [-0.39, 0.29) is 0 Å². The second-order valence-corrected chi connectivity index (χ2v) is 5.24. The molecule has 0 radical (unpaired) electrons. The monoisotopic (exact) mass is 323 g/mol. The molecule has 7 heteroatoms. The molecule has 0 fully saturated rings. The minimum Gasteiger partial charge on any atom is -0.384 e. The van der Waals surface area contributed by atoms with Crippen LogP contribution >= 0.6 is 0 Å². The number of nitrogens with two attached hydrogens (primary N) is 1. The number of rotatable bonds is 2. The molecular formula is C17H11F2N5. The summed E-state index contributed by atoms with van der Waals surface area (Å²) in [6.45, 7) is 0. The summed E-state index contributed by atoms with van der Waals surface area (Å²) >= 11 is 0. The Labute approximate surface area is 135 Å². The lowest BCUT2D eigenvalue weighted by molar-refractivity contribution is 0.589. The number of aromatic amines is 1. The summed E-state index contributed by atoms with van der Waals surface area (Å²) < 4.78 is 26.8. The number of aromatic nitrogens is 4. The summed E-state index contributed by atoms with van der Waals surface area (Å²) in [4.78, 5) is 15.2. The predicted molar refractivity (Wildman–Crippen MR) is 86.9 cm³/mol. The minimum absolute atomic E-state index is 0.350. The highest BCUT2D eigenvalue weighted by Gasteiger charge is 2.18. The highest BCUT2D eigenvalue weighted by molar-refractivity contribution is 6.00. The molecule has 4 rings (SSSR count). The van der Waals surface area contributed by atoms with Crippen LogP contribution in [0.2, 0.25) is 0 Å². The van der Waals surface area contributed by atoms with Crippen LogP contribution < -0.4 is 5.73 Å². The summed E-state index contributed by atoms with van der Waals surface area (Å²) in [5.74, 6) is -0.707. The number of nitrogen functional groups attached to an aromatic ring is 1. The Bertz CT molecular complexity index is 1040. The highest BCUT2D eigenvalue weighted by Crippen LogP contribution is 2.36. The smallest absolute Gasteiger partial charge is 0.213 e. The third-order valence-electron chi connectivity index (χ3n) is 3.66. The standard InChI is InChI=1S/C17H11F2N5/c18-10-1-2-11(22-8-10)15-16(9-5-6-21-14(20)7-9)23-12-3-4-13(19)24-17(12)15/h1-8,23H,(H2,20,21). The number of H-pyrrole nitrogens is 1. The van der Waals surface area contributed by atoms with Crippen LogP contribution in [-0.2, 0) is 0 Å². The summed E-state index contributed by atoms with van der Waals surface area (Å²) in [5.41, 5.74) is 9.29. The van der Waals surface area contributed by atoms with E-state index in [0.717, 1.165) is 11.8 Å². The average molecular weight is 323 g/mol. The summed E-state index contributed by atoms with van der Waals surface area (Å²) in [7, 11) is 0. The number of hydrogen-bond acceptors (Lipinski definition) is 4. The van der Waals surface area contributed by atoms with Gasteiger partial charge in [-0.05, 0) is 36.4 Å². The van der Waals surface area contributed by atoms with Gasteiger partial charge in [-0.1, -0.05) is 0 Å². The lowest BCUT2D eigenvalue weighted by Gasteiger charge is -2.05. The zero-order valence-corrected chi connectivity index (χ0v) is 12.3. The van der Waals surface area contributed by atoms with Gasteiger partial charge >= 0.3 is 0 Å². The molecule has 0 atom stereocenters. The maximum absolute atomic E-state index is 13.6. The van der Waals surface area contributed by atoms with Crippen LogP contribution in [-0.4, -0.2) is 19.9 Å². The zero-order valence-electron chi connectivity index (χ0n) is 12.3. The molecule has 4 heterocycles. The maximum atomic E-state index is 13.6. The van der Waals surface area contributed by atoms with Crippen LogP contribution in [0.15, 0.2) is 48.8 Å². The van der Waals surface area contributed by atoms with Crippen molar-refractivity contribution >= 4 is 16.9 Å². The van der Waals surface area contributed by atoms with Gasteiger partial charge in [-0.15, -0.1) is 0 Å². The van der Waals surface area contributed by atoms with Crippen molar-refractivity contribution in [2.45, 2.75) is 0 Å². The first-order valence-electron chi connectivity index (χ1n) is 7.14. The second-order valence-electron chi connectivity index (χ2n) is 5.24. The molecule has 0 unspecified atom stereocenters. The van der Waals surface area contributed by atoms with E-state index in [9.17, 15) is 8.78 Å². The van der Waals surface area contributed by atoms with E-state index >= 15 is 0 Å². The van der Waals surface area contributed by atoms with E-state index in [2.05, 4.69) is 19.9 Å². The van der Waals surface area contributed by atoms with Crippen LogP contribution in [0.1, 0.15) is 0 Å². The van der Waals surface area contributed by atoms with E-state index < -0.39 is 11.8 Å². The van der Waals surface area contributed by atoms with Gasteiger partial charge in [0, 0.05) is 11.8 Å². The van der Waals surface area contributed by atoms with Crippen molar-refractivity contribution in [2.24, 2.45) is 0 Å². The van der Waals surface area contributed by atoms with Crippen LogP contribution in [0.5, 0.6) is 0 Å². The second kappa shape index (κ2) is 5.38. The van der Waals surface area contributed by atoms with Gasteiger partial charge in [-0.2, -0.15) is 4.39 Å². The van der Waals surface area contributed by atoms with Crippen molar-refractivity contribution in [3.05, 3.63) is 60.6 Å². The van der Waals surface area contributed by atoms with Crippen molar-refractivity contribution in [2.75, 3.05) is 5.73 Å². The molecule has 0 spiro atoms. The first-order valence-corrected chi connectivity index (χ1v) is 7.14. The molecule has 5 nitrogen and oxygen atoms in total. The van der Waals surface area contributed by atoms with E-state index in [1.807, 2.05) is 0 Å². The lowest BCUT2D eigenvalue weighted by atomic mass is 10.0. The van der Waals surface area contributed by atoms with Crippen LogP contribution in [0.3, 0.4) is 0 Å². The molecule has 0 aliphatic carbocycles. The Morgan fingerprint density at radius 1 is 1.00 bits per heavy atom. The molecule has 24 heavy (non-hydrogen) atoms. The Hall–Kier alpha value is -3.35. The minimum atomic E-state index is -0.606. The van der Waals surface area contributed by atoms with Gasteiger partial charge < -0.3 is 10.7 Å². The van der Waals surface area contributed by atoms with E-state index in [0.29, 0.717) is 33.8 Å². The molecular weight excluding hydrogens is 312 g/mol. The Morgan fingerprint density at radius 2 is 1.88 bits per heavy atom. The van der Waals surface area contributed by atoms with Gasteiger partial charge in [0.2, 0.25) is 5.95 Å². The normalized spacial score (nSPS) is 11.1. The Morgan fingerprint density at radius 3 is 2.62 bits per heavy atom. The molecule has 4 aromatic heterocycles. The quantitative estimate of drug-likeness (QED) is 0.553. The topological polar surface area (TPSA) is 80.5 Å². The fourth-order valence-corrected chi connectivity index (χ4v) is 2.64. The maximum Gasteiger partial charge on any atom is 0.213 e. The molecule has 0 saturated carbocycles. The van der Waals surface area contributed by atoms with E-state index in [1.54, 1.807) is 24.4 Å². The zero-order chi connectivity index (χ0) is 16.7. The first-order chi connectivity index (χ1) is 11.6. The third-order valence-corrected chi connectivity index (χ3v) is 3.66. The molecule has 118 valence electrons. The first kappa shape index (κ1) is 14.3. The molecule has 0 aromatic carbocycles. The molecule has 0 saturated heterocycles. The number of halogens is 2. The molecule has 3 N–H and O–H groups in total. The van der Waals surface area contributed by atoms with Gasteiger partial charge in [0.1, 0.15) is 17.2 Å². The third kappa shape index (κ3) is 2.36. The summed E-state index contributed by atoms with van der Waals surface area (Å²) in [6.07, 6.45) is 2.68. The van der Waals surface area contributed by atoms with E-state index in [1.165, 1.54) is 18.2 Å². The number of hydrogen-bond donors (Lipinski definition) is 2. The number of anilines is 1. The van der Waals surface area contributed by atoms with Crippen molar-refractivity contribution in [3.63, 3.8) is 0 Å². The van der Waals surface area contributed by atoms with Gasteiger partial charge in [0.05, 0.1) is 28.7 Å². The largest absolute Gasteiger partial charge is 0.384 e. The molecule has 0 bridgehead atoms. The summed E-state index contributed by atoms with van der Waals surface area (Å²) in [5, 5.41) is 0. The molecule has 0 aliphatic rings. The number of nitrogens with one attached hydrogen (secondary N) is 1. The van der Waals surface area contributed by atoms with Gasteiger partial charge in [0.25, 0.3) is 0 Å². The van der Waals surface area contributed by atoms with Crippen LogP contribution in [0, 0.1) is 11.8 Å². The SMILES string of the molecule is Nc1cc(-c2[nH]c3ccc(F)nc3c2-c2ccc(F)cn2)ccn1. The van der Waals surface area contributed by atoms with Crippen molar-refractivity contribution in [1.29, 1.82) is 0 Å². The van der Waals surface area contributed by atoms with Crippen molar-refractivity contribution < 1.29 is 8.78 Å². The average Bonchev–Trinajstić information content (AvgIpc) is 2.94. The van der Waals surface area contributed by atoms with Gasteiger partial charge in [0.15, 0.2) is 0 Å². The van der Waals surface area contributed by atoms with Gasteiger partial charge in [-0.3, -0.25) is 4.98 Å². The number of fused-ring (bicyclic) bond motifs is 1. The van der Waals surface area contributed by atoms with E-state index in [4.69, 9.17) is 5.73 Å². The molecule has 4 aromatic rings. The lowest BCUT2D eigenvalue weighted by Crippen LogP contribution is -1.92. The molecule has 0 aliphatic heterocycles. The Kier molecular flexibility index (Phi) is 3.19. The Balaban J connectivity index is 2.05. The fraction of sp³-hybridized carbons (Fsp3) is 0.